The highest BCUT2D eigenvalue weighted by Crippen LogP contribution is 2.28. The van der Waals surface area contributed by atoms with Gasteiger partial charge in [-0.25, -0.2) is 0 Å². The van der Waals surface area contributed by atoms with Gasteiger partial charge in [0.1, 0.15) is 5.75 Å². The predicted molar refractivity (Wildman–Crippen MR) is 169 cm³/mol. The van der Waals surface area contributed by atoms with Gasteiger partial charge in [-0.2, -0.15) is 0 Å². The molecule has 0 aliphatic heterocycles. The summed E-state index contributed by atoms with van der Waals surface area (Å²) in [6, 6.07) is 33.5. The van der Waals surface area contributed by atoms with Crippen molar-refractivity contribution in [1.29, 1.82) is 0 Å². The largest absolute Gasteiger partial charge is 0.494 e. The molecule has 0 radical (unpaired) electrons. The highest BCUT2D eigenvalue weighted by molar-refractivity contribution is 5.68. The van der Waals surface area contributed by atoms with Crippen molar-refractivity contribution in [3.8, 4) is 52.3 Å². The second-order valence-electron chi connectivity index (χ2n) is 10.0. The first-order valence-electron chi connectivity index (χ1n) is 14.6. The van der Waals surface area contributed by atoms with Crippen LogP contribution in [0.4, 0.5) is 0 Å². The smallest absolute Gasteiger partial charge is 0.249 e. The molecule has 0 aliphatic rings. The van der Waals surface area contributed by atoms with Crippen molar-refractivity contribution < 1.29 is 9.15 Å². The van der Waals surface area contributed by atoms with E-state index < -0.39 is 0 Å². The maximum Gasteiger partial charge on any atom is 0.249 e. The predicted octanol–water partition coefficient (Wildman–Crippen LogP) is 8.94. The van der Waals surface area contributed by atoms with Crippen LogP contribution in [-0.2, 0) is 0 Å². The Kier molecular flexibility index (Phi) is 10.2. The third-order valence-corrected chi connectivity index (χ3v) is 6.78. The summed E-state index contributed by atoms with van der Waals surface area (Å²) in [5, 5.41) is 8.73. The Labute approximate surface area is 248 Å². The van der Waals surface area contributed by atoms with Gasteiger partial charge < -0.3 is 9.15 Å². The maximum atomic E-state index is 6.17. The number of hydrogen-bond acceptors (Lipinski definition) is 4. The molecule has 5 rings (SSSR count). The summed E-state index contributed by atoms with van der Waals surface area (Å²) in [5.74, 6) is 14.7. The zero-order valence-corrected chi connectivity index (χ0v) is 24.0. The fourth-order valence-corrected chi connectivity index (χ4v) is 4.45. The molecule has 0 N–H and O–H groups in total. The van der Waals surface area contributed by atoms with E-state index in [4.69, 9.17) is 9.15 Å². The van der Waals surface area contributed by atoms with E-state index in [9.17, 15) is 0 Å². The highest BCUT2D eigenvalue weighted by atomic mass is 16.5. The van der Waals surface area contributed by atoms with E-state index >= 15 is 0 Å². The summed E-state index contributed by atoms with van der Waals surface area (Å²) in [6.07, 6.45) is 7.45. The molecule has 0 fully saturated rings. The van der Waals surface area contributed by atoms with Gasteiger partial charge in [-0.1, -0.05) is 99.1 Å². The first-order valence-corrected chi connectivity index (χ1v) is 14.6. The van der Waals surface area contributed by atoms with Crippen LogP contribution in [0, 0.1) is 23.7 Å². The molecule has 0 spiro atoms. The van der Waals surface area contributed by atoms with E-state index in [-0.39, 0.29) is 0 Å². The van der Waals surface area contributed by atoms with E-state index in [1.165, 1.54) is 32.1 Å². The Hall–Kier alpha value is -5.06. The molecule has 208 valence electrons. The lowest BCUT2D eigenvalue weighted by molar-refractivity contribution is 0.304. The van der Waals surface area contributed by atoms with Crippen LogP contribution in [0.25, 0.3) is 22.9 Å². The molecule has 0 amide bonds. The van der Waals surface area contributed by atoms with Gasteiger partial charge in [0, 0.05) is 27.8 Å². The number of aromatic nitrogens is 2. The molecule has 0 saturated carbocycles. The summed E-state index contributed by atoms with van der Waals surface area (Å²) < 4.78 is 12.1. The van der Waals surface area contributed by atoms with E-state index in [1.807, 2.05) is 103 Å². The van der Waals surface area contributed by atoms with Crippen LogP contribution >= 0.6 is 0 Å². The Morgan fingerprint density at radius 2 is 1.21 bits per heavy atom. The molecular weight excluding hydrogens is 516 g/mol. The van der Waals surface area contributed by atoms with Gasteiger partial charge in [-0.05, 0) is 73.2 Å². The van der Waals surface area contributed by atoms with Crippen LogP contribution in [0.2, 0.25) is 0 Å². The minimum absolute atomic E-state index is 0.397. The van der Waals surface area contributed by atoms with Crippen LogP contribution in [0.1, 0.15) is 67.7 Å². The second kappa shape index (κ2) is 15.1. The van der Waals surface area contributed by atoms with Gasteiger partial charge in [0.05, 0.1) is 12.2 Å². The number of ether oxygens (including phenoxy) is 1. The Morgan fingerprint density at radius 1 is 0.595 bits per heavy atom. The SMILES string of the molecule is CCCCCCCCOc1ccc(-c2nnc(-c3cc(C#Cc4ccccc4)ccc3C#Cc3ccccc3)o2)cc1. The van der Waals surface area contributed by atoms with Gasteiger partial charge >= 0.3 is 0 Å². The topological polar surface area (TPSA) is 48.2 Å². The molecule has 0 bridgehead atoms. The van der Waals surface area contributed by atoms with Crippen molar-refractivity contribution in [3.05, 3.63) is 125 Å². The molecule has 4 aromatic carbocycles. The average Bonchev–Trinajstić information content (AvgIpc) is 3.54. The quantitative estimate of drug-likeness (QED) is 0.129. The third kappa shape index (κ3) is 8.23. The Bertz CT molecular complexity index is 1680. The maximum absolute atomic E-state index is 6.17. The summed E-state index contributed by atoms with van der Waals surface area (Å²) in [7, 11) is 0. The summed E-state index contributed by atoms with van der Waals surface area (Å²) in [4.78, 5) is 0. The Morgan fingerprint density at radius 3 is 1.93 bits per heavy atom. The molecule has 4 nitrogen and oxygen atoms in total. The van der Waals surface area contributed by atoms with E-state index in [0.717, 1.165) is 52.2 Å². The van der Waals surface area contributed by atoms with Gasteiger partial charge in [0.15, 0.2) is 0 Å². The van der Waals surface area contributed by atoms with Crippen LogP contribution in [0.3, 0.4) is 0 Å². The van der Waals surface area contributed by atoms with Gasteiger partial charge in [-0.15, -0.1) is 10.2 Å². The number of hydrogen-bond donors (Lipinski definition) is 0. The van der Waals surface area contributed by atoms with E-state index in [2.05, 4.69) is 40.8 Å². The lowest BCUT2D eigenvalue weighted by Gasteiger charge is -2.06. The molecule has 0 aliphatic carbocycles. The fraction of sp³-hybridized carbons (Fsp3) is 0.211. The molecule has 0 unspecified atom stereocenters. The van der Waals surface area contributed by atoms with E-state index in [1.54, 1.807) is 0 Å². The van der Waals surface area contributed by atoms with Gasteiger partial charge in [0.25, 0.3) is 0 Å². The molecular formula is C38H34N2O2. The van der Waals surface area contributed by atoms with Crippen LogP contribution < -0.4 is 4.74 Å². The van der Waals surface area contributed by atoms with Crippen molar-refractivity contribution >= 4 is 0 Å². The minimum Gasteiger partial charge on any atom is -0.494 e. The second-order valence-corrected chi connectivity index (χ2v) is 10.0. The molecule has 1 aromatic heterocycles. The van der Waals surface area contributed by atoms with Crippen molar-refractivity contribution in [2.24, 2.45) is 0 Å². The fourth-order valence-electron chi connectivity index (χ4n) is 4.45. The Balaban J connectivity index is 1.34. The lowest BCUT2D eigenvalue weighted by atomic mass is 10.0. The zero-order valence-electron chi connectivity index (χ0n) is 24.0. The van der Waals surface area contributed by atoms with Crippen LogP contribution in [0.15, 0.2) is 108 Å². The van der Waals surface area contributed by atoms with Crippen LogP contribution in [0.5, 0.6) is 5.75 Å². The molecule has 5 aromatic rings. The van der Waals surface area contributed by atoms with E-state index in [0.29, 0.717) is 11.8 Å². The molecule has 42 heavy (non-hydrogen) atoms. The number of rotatable bonds is 10. The van der Waals surface area contributed by atoms with Gasteiger partial charge in [-0.3, -0.25) is 0 Å². The average molecular weight is 551 g/mol. The number of benzene rings is 4. The third-order valence-electron chi connectivity index (χ3n) is 6.78. The molecule has 1 heterocycles. The lowest BCUT2D eigenvalue weighted by Crippen LogP contribution is -1.97. The molecule has 0 atom stereocenters. The first kappa shape index (κ1) is 28.5. The zero-order chi connectivity index (χ0) is 28.8. The van der Waals surface area contributed by atoms with Crippen molar-refractivity contribution in [2.75, 3.05) is 6.61 Å². The standard InChI is InChI=1S/C38H34N2O2/c1-2-3-4-5-6-13-28-41-35-26-24-34(25-27-35)37-39-40-38(42-37)36-29-32(19-18-30-14-9-7-10-15-30)21-23-33(36)22-20-31-16-11-8-12-17-31/h7-12,14-17,21,23-27,29H,2-6,13,28H2,1H3. The number of nitrogens with zero attached hydrogens (tertiary/aromatic N) is 2. The summed E-state index contributed by atoms with van der Waals surface area (Å²) in [6.45, 7) is 2.97. The van der Waals surface area contributed by atoms with Crippen molar-refractivity contribution in [3.63, 3.8) is 0 Å². The summed E-state index contributed by atoms with van der Waals surface area (Å²) >= 11 is 0. The van der Waals surface area contributed by atoms with Crippen LogP contribution in [-0.4, -0.2) is 16.8 Å². The molecule has 4 heteroatoms. The summed E-state index contributed by atoms with van der Waals surface area (Å²) in [5.41, 5.74) is 5.09. The first-order chi connectivity index (χ1) is 20.8. The molecule has 0 saturated heterocycles. The monoisotopic (exact) mass is 550 g/mol. The number of unbranched alkanes of at least 4 members (excludes halogenated alkanes) is 5. The van der Waals surface area contributed by atoms with Crippen molar-refractivity contribution in [2.45, 2.75) is 45.4 Å². The van der Waals surface area contributed by atoms with Crippen molar-refractivity contribution in [1.82, 2.24) is 10.2 Å². The minimum atomic E-state index is 0.397. The van der Waals surface area contributed by atoms with Gasteiger partial charge in [0.2, 0.25) is 11.8 Å². The highest BCUT2D eigenvalue weighted by Gasteiger charge is 2.14. The normalized spacial score (nSPS) is 10.3.